The molecule has 3 aromatic rings. The fourth-order valence-corrected chi connectivity index (χ4v) is 5.73. The summed E-state index contributed by atoms with van der Waals surface area (Å²) in [6, 6.07) is 18.3. The molecule has 1 atom stereocenters. The van der Waals surface area contributed by atoms with E-state index in [2.05, 4.69) is 5.32 Å². The molecule has 3 rings (SSSR count). The zero-order chi connectivity index (χ0) is 29.3. The van der Waals surface area contributed by atoms with E-state index in [-0.39, 0.29) is 33.8 Å². The van der Waals surface area contributed by atoms with Crippen LogP contribution in [-0.2, 0) is 26.2 Å². The topological polar surface area (TPSA) is 96.0 Å². The number of benzene rings is 3. The van der Waals surface area contributed by atoms with Gasteiger partial charge in [0, 0.05) is 23.1 Å². The largest absolute Gasteiger partial charge is 0.495 e. The van der Waals surface area contributed by atoms with Crippen LogP contribution in [0.15, 0.2) is 77.7 Å². The van der Waals surface area contributed by atoms with Crippen LogP contribution in [0.4, 0.5) is 5.69 Å². The molecule has 8 nitrogen and oxygen atoms in total. The fraction of sp³-hybridized carbons (Fsp3) is 0.310. The minimum Gasteiger partial charge on any atom is -0.495 e. The van der Waals surface area contributed by atoms with E-state index in [0.717, 1.165) is 22.7 Å². The molecule has 11 heteroatoms. The maximum Gasteiger partial charge on any atom is 0.264 e. The van der Waals surface area contributed by atoms with Crippen LogP contribution < -0.4 is 14.4 Å². The summed E-state index contributed by atoms with van der Waals surface area (Å²) in [6.45, 7) is 3.55. The molecule has 0 saturated carbocycles. The van der Waals surface area contributed by atoms with Gasteiger partial charge in [0.25, 0.3) is 10.0 Å². The molecule has 2 amide bonds. The third kappa shape index (κ3) is 7.90. The number of carbonyl (C=O) groups excluding carboxylic acids is 2. The molecule has 0 spiro atoms. The van der Waals surface area contributed by atoms with Gasteiger partial charge in [-0.15, -0.1) is 0 Å². The second kappa shape index (κ2) is 14.4. The first-order chi connectivity index (χ1) is 19.1. The van der Waals surface area contributed by atoms with Crippen LogP contribution in [0.5, 0.6) is 5.75 Å². The summed E-state index contributed by atoms with van der Waals surface area (Å²) in [7, 11) is -2.84. The van der Waals surface area contributed by atoms with Crippen molar-refractivity contribution in [2.75, 3.05) is 24.5 Å². The summed E-state index contributed by atoms with van der Waals surface area (Å²) < 4.78 is 34.2. The van der Waals surface area contributed by atoms with Gasteiger partial charge in [-0.05, 0) is 61.4 Å². The first-order valence-electron chi connectivity index (χ1n) is 12.8. The van der Waals surface area contributed by atoms with E-state index < -0.39 is 28.5 Å². The lowest BCUT2D eigenvalue weighted by molar-refractivity contribution is -0.139. The van der Waals surface area contributed by atoms with E-state index in [0.29, 0.717) is 11.6 Å². The van der Waals surface area contributed by atoms with Crippen LogP contribution >= 0.6 is 23.2 Å². The summed E-state index contributed by atoms with van der Waals surface area (Å²) in [5.74, 6) is -0.713. The van der Waals surface area contributed by atoms with Gasteiger partial charge in [0.2, 0.25) is 11.8 Å². The number of ether oxygens (including phenoxy) is 1. The van der Waals surface area contributed by atoms with Crippen LogP contribution in [-0.4, -0.2) is 51.4 Å². The number of hydrogen-bond donors (Lipinski definition) is 1. The first kappa shape index (κ1) is 31.3. The lowest BCUT2D eigenvalue weighted by atomic mass is 10.1. The smallest absolute Gasteiger partial charge is 0.264 e. The van der Waals surface area contributed by atoms with E-state index in [1.807, 2.05) is 6.92 Å². The Labute approximate surface area is 245 Å². The van der Waals surface area contributed by atoms with Gasteiger partial charge in [-0.3, -0.25) is 13.9 Å². The molecule has 214 valence electrons. The van der Waals surface area contributed by atoms with Crippen molar-refractivity contribution >= 4 is 50.7 Å². The van der Waals surface area contributed by atoms with Gasteiger partial charge in [-0.25, -0.2) is 8.42 Å². The van der Waals surface area contributed by atoms with Gasteiger partial charge >= 0.3 is 0 Å². The summed E-state index contributed by atoms with van der Waals surface area (Å²) in [5.41, 5.74) is 0.822. The van der Waals surface area contributed by atoms with Crippen LogP contribution in [0.3, 0.4) is 0 Å². The predicted octanol–water partition coefficient (Wildman–Crippen LogP) is 5.53. The number of unbranched alkanes of at least 4 members (excludes halogenated alkanes) is 1. The van der Waals surface area contributed by atoms with E-state index in [1.54, 1.807) is 55.5 Å². The van der Waals surface area contributed by atoms with Crippen LogP contribution in [0.25, 0.3) is 0 Å². The lowest BCUT2D eigenvalue weighted by Crippen LogP contribution is -2.51. The third-order valence-electron chi connectivity index (χ3n) is 6.28. The van der Waals surface area contributed by atoms with Gasteiger partial charge < -0.3 is 15.0 Å². The van der Waals surface area contributed by atoms with E-state index in [9.17, 15) is 18.0 Å². The minimum atomic E-state index is -4.24. The predicted molar refractivity (Wildman–Crippen MR) is 158 cm³/mol. The van der Waals surface area contributed by atoms with Crippen molar-refractivity contribution in [3.8, 4) is 5.75 Å². The Kier molecular flexibility index (Phi) is 11.2. The van der Waals surface area contributed by atoms with Crippen molar-refractivity contribution in [2.24, 2.45) is 0 Å². The highest BCUT2D eigenvalue weighted by atomic mass is 35.5. The van der Waals surface area contributed by atoms with Crippen LogP contribution in [0.2, 0.25) is 10.0 Å². The Bertz CT molecular complexity index is 1400. The molecule has 0 aromatic heterocycles. The van der Waals surface area contributed by atoms with Crippen LogP contribution in [0, 0.1) is 0 Å². The van der Waals surface area contributed by atoms with Gasteiger partial charge in [-0.2, -0.15) is 0 Å². The number of sulfonamides is 1. The second-order valence-electron chi connectivity index (χ2n) is 9.11. The molecule has 3 aromatic carbocycles. The SMILES string of the molecule is CCCCNC(=O)[C@@H](C)N(Cc1ccc(Cl)cc1)C(=O)CN(c1cc(Cl)ccc1OC)S(=O)(=O)c1ccccc1. The van der Waals surface area contributed by atoms with Gasteiger partial charge in [0.15, 0.2) is 0 Å². The number of hydrogen-bond acceptors (Lipinski definition) is 5. The normalized spacial score (nSPS) is 11.9. The Morgan fingerprint density at radius 2 is 1.62 bits per heavy atom. The van der Waals surface area contributed by atoms with Crippen molar-refractivity contribution in [3.63, 3.8) is 0 Å². The molecule has 1 N–H and O–H groups in total. The maximum atomic E-state index is 14.0. The number of halogens is 2. The Balaban J connectivity index is 2.05. The zero-order valence-electron chi connectivity index (χ0n) is 22.6. The number of nitrogens with one attached hydrogen (secondary N) is 1. The number of amides is 2. The highest BCUT2D eigenvalue weighted by molar-refractivity contribution is 7.92. The highest BCUT2D eigenvalue weighted by Gasteiger charge is 2.33. The molecule has 0 aliphatic rings. The molecular weight excluding hydrogens is 573 g/mol. The van der Waals surface area contributed by atoms with Gasteiger partial charge in [0.1, 0.15) is 18.3 Å². The van der Waals surface area contributed by atoms with Crippen molar-refractivity contribution in [1.82, 2.24) is 10.2 Å². The lowest BCUT2D eigenvalue weighted by Gasteiger charge is -2.32. The monoisotopic (exact) mass is 605 g/mol. The maximum absolute atomic E-state index is 14.0. The van der Waals surface area contributed by atoms with Gasteiger partial charge in [0.05, 0.1) is 17.7 Å². The van der Waals surface area contributed by atoms with Crippen molar-refractivity contribution in [1.29, 1.82) is 0 Å². The van der Waals surface area contributed by atoms with Crippen LogP contribution in [0.1, 0.15) is 32.3 Å². The molecule has 0 unspecified atom stereocenters. The van der Waals surface area contributed by atoms with E-state index in [4.69, 9.17) is 27.9 Å². The standard InChI is InChI=1S/C29H33Cl2N3O5S/c1-4-5-17-32-29(36)21(2)33(19-22-11-13-23(30)14-12-22)28(35)20-34(26-18-24(31)15-16-27(26)39-3)40(37,38)25-9-7-6-8-10-25/h6-16,18,21H,4-5,17,19-20H2,1-3H3,(H,32,36)/t21-/m1/s1. The average molecular weight is 607 g/mol. The number of nitrogens with zero attached hydrogens (tertiary/aromatic N) is 2. The highest BCUT2D eigenvalue weighted by Crippen LogP contribution is 2.35. The van der Waals surface area contributed by atoms with Crippen molar-refractivity contribution in [2.45, 2.75) is 44.2 Å². The summed E-state index contributed by atoms with van der Waals surface area (Å²) in [4.78, 5) is 28.4. The fourth-order valence-electron chi connectivity index (χ4n) is 4.00. The molecule has 0 fully saturated rings. The second-order valence-corrected chi connectivity index (χ2v) is 11.8. The van der Waals surface area contributed by atoms with Gasteiger partial charge in [-0.1, -0.05) is 66.9 Å². The van der Waals surface area contributed by atoms with Crippen molar-refractivity contribution < 1.29 is 22.7 Å². The molecule has 40 heavy (non-hydrogen) atoms. The summed E-state index contributed by atoms with van der Waals surface area (Å²) in [5, 5.41) is 3.65. The Morgan fingerprint density at radius 3 is 2.25 bits per heavy atom. The molecule has 0 aliphatic carbocycles. The zero-order valence-corrected chi connectivity index (χ0v) is 25.0. The molecule has 0 aliphatic heterocycles. The van der Waals surface area contributed by atoms with E-state index in [1.165, 1.54) is 36.3 Å². The first-order valence-corrected chi connectivity index (χ1v) is 15.0. The molecular formula is C29H33Cl2N3O5S. The Morgan fingerprint density at radius 1 is 0.975 bits per heavy atom. The third-order valence-corrected chi connectivity index (χ3v) is 8.54. The molecule has 0 bridgehead atoms. The van der Waals surface area contributed by atoms with E-state index >= 15 is 0 Å². The number of rotatable bonds is 13. The quantitative estimate of drug-likeness (QED) is 0.258. The number of methoxy groups -OCH3 is 1. The summed E-state index contributed by atoms with van der Waals surface area (Å²) >= 11 is 12.3. The number of carbonyl (C=O) groups is 2. The molecule has 0 saturated heterocycles. The summed E-state index contributed by atoms with van der Waals surface area (Å²) in [6.07, 6.45) is 1.69. The van der Waals surface area contributed by atoms with Crippen molar-refractivity contribution in [3.05, 3.63) is 88.4 Å². The molecule has 0 heterocycles. The average Bonchev–Trinajstić information content (AvgIpc) is 2.95. The molecule has 0 radical (unpaired) electrons. The minimum absolute atomic E-state index is 0.0144. The Hall–Kier alpha value is -3.27. The number of anilines is 1.